The van der Waals surface area contributed by atoms with Gasteiger partial charge in [-0.2, -0.15) is 0 Å². The highest BCUT2D eigenvalue weighted by molar-refractivity contribution is 5.78. The molecule has 3 heterocycles. The number of aliphatic hydroxyl groups excluding tert-OH is 1. The molecule has 25 heavy (non-hydrogen) atoms. The summed E-state index contributed by atoms with van der Waals surface area (Å²) in [6.45, 7) is 5.18. The van der Waals surface area contributed by atoms with E-state index < -0.39 is 6.10 Å². The predicted molar refractivity (Wildman–Crippen MR) is 94.7 cm³/mol. The van der Waals surface area contributed by atoms with Gasteiger partial charge in [0.15, 0.2) is 0 Å². The van der Waals surface area contributed by atoms with Gasteiger partial charge in [-0.05, 0) is 37.9 Å². The second-order valence-electron chi connectivity index (χ2n) is 6.89. The maximum atomic E-state index is 12.6. The second kappa shape index (κ2) is 8.52. The second-order valence-corrected chi connectivity index (χ2v) is 6.89. The number of carbonyl (C=O) groups is 1. The number of amides is 1. The van der Waals surface area contributed by atoms with E-state index in [4.69, 9.17) is 10.8 Å². The zero-order chi connectivity index (χ0) is 17.6. The maximum Gasteiger partial charge on any atom is 0.236 e. The fourth-order valence-corrected chi connectivity index (χ4v) is 3.78. The van der Waals surface area contributed by atoms with Gasteiger partial charge < -0.3 is 14.4 Å². The van der Waals surface area contributed by atoms with Crippen molar-refractivity contribution in [1.82, 2.24) is 14.7 Å². The Morgan fingerprint density at radius 2 is 2.16 bits per heavy atom. The lowest BCUT2D eigenvalue weighted by molar-refractivity contribution is -0.134. The van der Waals surface area contributed by atoms with Crippen LogP contribution in [0.2, 0.25) is 0 Å². The van der Waals surface area contributed by atoms with E-state index in [-0.39, 0.29) is 11.9 Å². The van der Waals surface area contributed by atoms with Crippen LogP contribution in [-0.4, -0.2) is 77.6 Å². The summed E-state index contributed by atoms with van der Waals surface area (Å²) in [7, 11) is 0. The average molecular weight is 345 g/mol. The number of likely N-dealkylation sites (tertiary alicyclic amines) is 1. The summed E-state index contributed by atoms with van der Waals surface area (Å²) >= 11 is 0. The summed E-state index contributed by atoms with van der Waals surface area (Å²) in [4.78, 5) is 19.0. The Labute approximate surface area is 149 Å². The van der Waals surface area contributed by atoms with E-state index in [0.29, 0.717) is 25.3 Å². The Balaban J connectivity index is 1.48. The maximum absolute atomic E-state index is 12.6. The van der Waals surface area contributed by atoms with Crippen LogP contribution in [0.4, 0.5) is 0 Å². The minimum absolute atomic E-state index is 0.180. The number of aliphatic hydroxyl groups is 1. The Kier molecular flexibility index (Phi) is 6.14. The van der Waals surface area contributed by atoms with Crippen LogP contribution in [-0.2, 0) is 4.79 Å². The van der Waals surface area contributed by atoms with Crippen LogP contribution in [0.3, 0.4) is 0 Å². The van der Waals surface area contributed by atoms with E-state index in [1.807, 2.05) is 4.90 Å². The molecule has 2 aliphatic rings. The predicted octanol–water partition coefficient (Wildman–Crippen LogP) is 0.945. The van der Waals surface area contributed by atoms with Crippen LogP contribution in [0.15, 0.2) is 22.8 Å². The number of furan rings is 1. The van der Waals surface area contributed by atoms with E-state index in [9.17, 15) is 9.90 Å². The SMILES string of the molecule is C#CCN1CCN(C(=O)CN2CCCC2CC(O)c2ccco2)CC1. The highest BCUT2D eigenvalue weighted by Gasteiger charge is 2.31. The van der Waals surface area contributed by atoms with Crippen LogP contribution in [0.1, 0.15) is 31.1 Å². The van der Waals surface area contributed by atoms with Crippen molar-refractivity contribution in [3.63, 3.8) is 0 Å². The van der Waals surface area contributed by atoms with Crippen molar-refractivity contribution in [3.8, 4) is 12.3 Å². The van der Waals surface area contributed by atoms with Crippen LogP contribution in [0.25, 0.3) is 0 Å². The van der Waals surface area contributed by atoms with Crippen LogP contribution in [0.5, 0.6) is 0 Å². The third-order valence-electron chi connectivity index (χ3n) is 5.24. The van der Waals surface area contributed by atoms with E-state index in [1.165, 1.54) is 0 Å². The minimum Gasteiger partial charge on any atom is -0.467 e. The summed E-state index contributed by atoms with van der Waals surface area (Å²) in [5, 5.41) is 10.3. The van der Waals surface area contributed by atoms with E-state index in [2.05, 4.69) is 15.7 Å². The molecular formula is C19H27N3O3. The normalized spacial score (nSPS) is 23.5. The number of rotatable bonds is 6. The summed E-state index contributed by atoms with van der Waals surface area (Å²) < 4.78 is 5.28. The highest BCUT2D eigenvalue weighted by Crippen LogP contribution is 2.27. The van der Waals surface area contributed by atoms with Crippen LogP contribution >= 0.6 is 0 Å². The molecule has 2 fully saturated rings. The van der Waals surface area contributed by atoms with Gasteiger partial charge in [0.2, 0.25) is 5.91 Å². The molecule has 2 unspecified atom stereocenters. The quantitative estimate of drug-likeness (QED) is 0.778. The van der Waals surface area contributed by atoms with Crippen LogP contribution < -0.4 is 0 Å². The monoisotopic (exact) mass is 345 g/mol. The number of nitrogens with zero attached hydrogens (tertiary/aromatic N) is 3. The Morgan fingerprint density at radius 3 is 2.84 bits per heavy atom. The van der Waals surface area contributed by atoms with Crippen molar-refractivity contribution < 1.29 is 14.3 Å². The van der Waals surface area contributed by atoms with Gasteiger partial charge in [0.05, 0.1) is 19.4 Å². The molecule has 6 nitrogen and oxygen atoms in total. The molecule has 1 amide bonds. The third-order valence-corrected chi connectivity index (χ3v) is 5.24. The molecule has 1 N–H and O–H groups in total. The van der Waals surface area contributed by atoms with Gasteiger partial charge in [-0.3, -0.25) is 14.6 Å². The van der Waals surface area contributed by atoms with Crippen molar-refractivity contribution in [3.05, 3.63) is 24.2 Å². The molecule has 0 saturated carbocycles. The Morgan fingerprint density at radius 1 is 1.36 bits per heavy atom. The van der Waals surface area contributed by atoms with E-state index >= 15 is 0 Å². The van der Waals surface area contributed by atoms with Crippen molar-refractivity contribution in [2.24, 2.45) is 0 Å². The lowest BCUT2D eigenvalue weighted by Crippen LogP contribution is -2.51. The molecule has 3 rings (SSSR count). The van der Waals surface area contributed by atoms with Gasteiger partial charge in [0, 0.05) is 32.2 Å². The van der Waals surface area contributed by atoms with Gasteiger partial charge in [-0.25, -0.2) is 0 Å². The molecule has 0 bridgehead atoms. The Bertz CT molecular complexity index is 588. The van der Waals surface area contributed by atoms with Crippen molar-refractivity contribution in [2.75, 3.05) is 45.8 Å². The summed E-state index contributed by atoms with van der Waals surface area (Å²) in [5.41, 5.74) is 0. The number of hydrogen-bond donors (Lipinski definition) is 1. The summed E-state index contributed by atoms with van der Waals surface area (Å²) in [6.07, 6.45) is 9.01. The van der Waals surface area contributed by atoms with Crippen LogP contribution in [0, 0.1) is 12.3 Å². The lowest BCUT2D eigenvalue weighted by atomic mass is 10.1. The van der Waals surface area contributed by atoms with Crippen molar-refractivity contribution >= 4 is 5.91 Å². The number of carbonyl (C=O) groups excluding carboxylic acids is 1. The number of piperazine rings is 1. The van der Waals surface area contributed by atoms with Gasteiger partial charge in [0.25, 0.3) is 0 Å². The first-order chi connectivity index (χ1) is 12.2. The van der Waals surface area contributed by atoms with Crippen molar-refractivity contribution in [1.29, 1.82) is 0 Å². The number of terminal acetylenes is 1. The molecule has 0 radical (unpaired) electrons. The molecular weight excluding hydrogens is 318 g/mol. The van der Waals surface area contributed by atoms with Gasteiger partial charge in [0.1, 0.15) is 11.9 Å². The third kappa shape index (κ3) is 4.63. The molecule has 1 aromatic heterocycles. The first kappa shape index (κ1) is 18.0. The first-order valence-electron chi connectivity index (χ1n) is 9.06. The zero-order valence-corrected chi connectivity index (χ0v) is 14.6. The molecule has 0 spiro atoms. The summed E-state index contributed by atoms with van der Waals surface area (Å²) in [5.74, 6) is 3.44. The zero-order valence-electron chi connectivity index (χ0n) is 14.6. The molecule has 2 atom stereocenters. The van der Waals surface area contributed by atoms with E-state index in [1.54, 1.807) is 18.4 Å². The fraction of sp³-hybridized carbons (Fsp3) is 0.632. The molecule has 136 valence electrons. The van der Waals surface area contributed by atoms with Gasteiger partial charge in [-0.1, -0.05) is 5.92 Å². The molecule has 0 aliphatic carbocycles. The Hall–Kier alpha value is -1.81. The molecule has 1 aromatic rings. The smallest absolute Gasteiger partial charge is 0.236 e. The standard InChI is InChI=1S/C19H27N3O3/c1-2-7-20-9-11-21(12-10-20)19(24)15-22-8-3-5-16(22)14-17(23)18-6-4-13-25-18/h1,4,6,13,16-17,23H,3,5,7-12,14-15H2. The summed E-state index contributed by atoms with van der Waals surface area (Å²) in [6, 6.07) is 3.81. The minimum atomic E-state index is -0.608. The molecule has 6 heteroatoms. The van der Waals surface area contributed by atoms with Crippen molar-refractivity contribution in [2.45, 2.75) is 31.4 Å². The molecule has 2 saturated heterocycles. The molecule has 0 aromatic carbocycles. The number of hydrogen-bond acceptors (Lipinski definition) is 5. The average Bonchev–Trinajstić information content (AvgIpc) is 3.28. The van der Waals surface area contributed by atoms with Gasteiger partial charge in [-0.15, -0.1) is 6.42 Å². The topological polar surface area (TPSA) is 60.2 Å². The van der Waals surface area contributed by atoms with E-state index in [0.717, 1.165) is 45.6 Å². The fourth-order valence-electron chi connectivity index (χ4n) is 3.78. The lowest BCUT2D eigenvalue weighted by Gasteiger charge is -2.35. The highest BCUT2D eigenvalue weighted by atomic mass is 16.4. The molecule has 2 aliphatic heterocycles. The first-order valence-corrected chi connectivity index (χ1v) is 9.06. The van der Waals surface area contributed by atoms with Gasteiger partial charge >= 0.3 is 0 Å². The largest absolute Gasteiger partial charge is 0.467 e.